The van der Waals surface area contributed by atoms with Gasteiger partial charge in [-0.05, 0) is 0 Å². The van der Waals surface area contributed by atoms with E-state index in [4.69, 9.17) is 5.11 Å². The normalized spacial score (nSPS) is 16.9. The van der Waals surface area contributed by atoms with Crippen LogP contribution in [0, 0.1) is 0 Å². The van der Waals surface area contributed by atoms with Crippen molar-refractivity contribution in [1.29, 1.82) is 0 Å². The van der Waals surface area contributed by atoms with Gasteiger partial charge in [-0.25, -0.2) is 4.79 Å². The van der Waals surface area contributed by atoms with Gasteiger partial charge in [-0.15, -0.1) is 0 Å². The number of carbonyl (C=O) groups excluding carboxylic acids is 1. The molecule has 0 radical (unpaired) electrons. The summed E-state index contributed by atoms with van der Waals surface area (Å²) >= 11 is 0. The molecule has 0 aliphatic heterocycles. The second-order valence-corrected chi connectivity index (χ2v) is 2.87. The van der Waals surface area contributed by atoms with Crippen LogP contribution in [0.4, 0.5) is 39.5 Å². The van der Waals surface area contributed by atoms with Crippen LogP contribution in [0.5, 0.6) is 0 Å². The average molecular weight is 308 g/mol. The molecular formula is C6HF9O4. The summed E-state index contributed by atoms with van der Waals surface area (Å²) in [6.45, 7) is 0. The number of alkyl halides is 8. The molecule has 0 saturated heterocycles. The lowest BCUT2D eigenvalue weighted by molar-refractivity contribution is -0.431. The lowest BCUT2D eigenvalue weighted by atomic mass is 10.2. The van der Waals surface area contributed by atoms with E-state index in [1.54, 1.807) is 4.74 Å². The monoisotopic (exact) mass is 308 g/mol. The van der Waals surface area contributed by atoms with Crippen LogP contribution in [0.2, 0.25) is 0 Å². The fraction of sp³-hybridized carbons (Fsp3) is 0.667. The van der Waals surface area contributed by atoms with Crippen molar-refractivity contribution < 1.29 is 58.9 Å². The molecule has 1 unspecified atom stereocenters. The Labute approximate surface area is 96.3 Å². The first kappa shape index (κ1) is 17.5. The van der Waals surface area contributed by atoms with Crippen molar-refractivity contribution >= 4 is 12.0 Å². The Morgan fingerprint density at radius 3 is 1.47 bits per heavy atom. The number of hydrogen-bond acceptors (Lipinski definition) is 3. The lowest BCUT2D eigenvalue weighted by Crippen LogP contribution is -2.59. The van der Waals surface area contributed by atoms with Gasteiger partial charge in [0.15, 0.2) is 0 Å². The van der Waals surface area contributed by atoms with E-state index >= 15 is 0 Å². The van der Waals surface area contributed by atoms with E-state index in [0.29, 0.717) is 0 Å². The van der Waals surface area contributed by atoms with Gasteiger partial charge in [0.25, 0.3) is 0 Å². The number of carboxylic acids is 1. The maximum Gasteiger partial charge on any atom is 0.459 e. The molecule has 0 heterocycles. The average Bonchev–Trinajstić information content (AvgIpc) is 2.13. The molecule has 1 N–H and O–H groups in total. The van der Waals surface area contributed by atoms with Crippen LogP contribution in [0.1, 0.15) is 0 Å². The number of carboxylic acid groups (broad SMARTS) is 1. The van der Waals surface area contributed by atoms with Crippen molar-refractivity contribution in [2.24, 2.45) is 0 Å². The third-order valence-electron chi connectivity index (χ3n) is 1.52. The van der Waals surface area contributed by atoms with Crippen molar-refractivity contribution in [3.8, 4) is 0 Å². The third-order valence-corrected chi connectivity index (χ3v) is 1.52. The van der Waals surface area contributed by atoms with Crippen LogP contribution >= 0.6 is 0 Å². The highest BCUT2D eigenvalue weighted by Gasteiger charge is 2.75. The SMILES string of the molecule is O=C(O)C(F)(F)C(F)(F)OC(F)(C(=O)F)C(F)(F)F. The van der Waals surface area contributed by atoms with E-state index in [9.17, 15) is 49.1 Å². The first-order chi connectivity index (χ1) is 8.09. The molecule has 4 nitrogen and oxygen atoms in total. The Kier molecular flexibility index (Phi) is 4.17. The maximum atomic E-state index is 12.6. The van der Waals surface area contributed by atoms with Gasteiger partial charge in [-0.1, -0.05) is 0 Å². The van der Waals surface area contributed by atoms with Gasteiger partial charge in [-0.2, -0.15) is 39.5 Å². The minimum atomic E-state index is -6.78. The Bertz CT molecular complexity index is 389. The molecule has 0 aliphatic rings. The molecule has 19 heavy (non-hydrogen) atoms. The van der Waals surface area contributed by atoms with E-state index in [1.165, 1.54) is 0 Å². The lowest BCUT2D eigenvalue weighted by Gasteiger charge is -2.30. The van der Waals surface area contributed by atoms with Crippen molar-refractivity contribution in [3.05, 3.63) is 0 Å². The fourth-order valence-corrected chi connectivity index (χ4v) is 0.575. The van der Waals surface area contributed by atoms with Gasteiger partial charge in [0.2, 0.25) is 0 Å². The molecule has 0 aromatic rings. The molecule has 0 aromatic heterocycles. The largest absolute Gasteiger partial charge is 0.477 e. The molecule has 13 heteroatoms. The predicted molar refractivity (Wildman–Crippen MR) is 34.6 cm³/mol. The van der Waals surface area contributed by atoms with Crippen LogP contribution in [-0.2, 0) is 14.3 Å². The highest BCUT2D eigenvalue weighted by molar-refractivity contribution is 5.78. The molecule has 0 amide bonds. The highest BCUT2D eigenvalue weighted by atomic mass is 19.4. The molecule has 0 rings (SSSR count). The summed E-state index contributed by atoms with van der Waals surface area (Å²) in [5.74, 6) is -16.5. The van der Waals surface area contributed by atoms with Crippen LogP contribution in [0.25, 0.3) is 0 Å². The first-order valence-corrected chi connectivity index (χ1v) is 3.74. The Morgan fingerprint density at radius 2 is 1.26 bits per heavy atom. The molecule has 0 aromatic carbocycles. The van der Waals surface area contributed by atoms with E-state index in [-0.39, 0.29) is 0 Å². The molecular weight excluding hydrogens is 307 g/mol. The molecule has 0 fully saturated rings. The summed E-state index contributed by atoms with van der Waals surface area (Å²) in [4.78, 5) is 19.4. The fourth-order valence-electron chi connectivity index (χ4n) is 0.575. The number of halogens is 9. The zero-order valence-electron chi connectivity index (χ0n) is 8.07. The van der Waals surface area contributed by atoms with Gasteiger partial charge in [0.1, 0.15) is 0 Å². The van der Waals surface area contributed by atoms with Gasteiger partial charge < -0.3 is 5.11 Å². The highest BCUT2D eigenvalue weighted by Crippen LogP contribution is 2.45. The summed E-state index contributed by atoms with van der Waals surface area (Å²) in [5.41, 5.74) is 0. The second-order valence-electron chi connectivity index (χ2n) is 2.87. The van der Waals surface area contributed by atoms with Crippen molar-refractivity contribution in [2.45, 2.75) is 24.1 Å². The number of carbonyl (C=O) groups is 2. The summed E-state index contributed by atoms with van der Waals surface area (Å²) < 4.78 is 111. The summed E-state index contributed by atoms with van der Waals surface area (Å²) in [6.07, 6.45) is -13.4. The zero-order valence-corrected chi connectivity index (χ0v) is 8.07. The minimum absolute atomic E-state index is 1.80. The number of rotatable bonds is 5. The van der Waals surface area contributed by atoms with Gasteiger partial charge >= 0.3 is 36.1 Å². The Morgan fingerprint density at radius 1 is 0.895 bits per heavy atom. The third kappa shape index (κ3) is 2.90. The van der Waals surface area contributed by atoms with Crippen LogP contribution in [0.3, 0.4) is 0 Å². The molecule has 0 bridgehead atoms. The summed E-state index contributed by atoms with van der Waals surface area (Å²) in [6, 6.07) is -4.21. The van der Waals surface area contributed by atoms with Gasteiger partial charge in [0, 0.05) is 0 Å². The maximum absolute atomic E-state index is 12.6. The van der Waals surface area contributed by atoms with E-state index in [2.05, 4.69) is 0 Å². The number of aliphatic carboxylic acids is 1. The standard InChI is InChI=1S/C6HF9O4/c7-1(16)4(10,5(11,12)13)19-6(14,15)3(8,9)2(17)18/h(H,17,18). The number of hydrogen-bond donors (Lipinski definition) is 1. The van der Waals surface area contributed by atoms with Crippen LogP contribution in [-0.4, -0.2) is 41.2 Å². The molecule has 112 valence electrons. The molecule has 0 spiro atoms. The van der Waals surface area contributed by atoms with Gasteiger partial charge in [0.05, 0.1) is 0 Å². The Balaban J connectivity index is 5.64. The summed E-state index contributed by atoms with van der Waals surface area (Å²) in [5, 5.41) is 7.62. The van der Waals surface area contributed by atoms with Crippen molar-refractivity contribution in [3.63, 3.8) is 0 Å². The Hall–Kier alpha value is -1.53. The zero-order chi connectivity index (χ0) is 15.9. The van der Waals surface area contributed by atoms with E-state index < -0.39 is 36.1 Å². The molecule has 1 atom stereocenters. The minimum Gasteiger partial charge on any atom is -0.477 e. The van der Waals surface area contributed by atoms with E-state index in [0.717, 1.165) is 0 Å². The van der Waals surface area contributed by atoms with Crippen LogP contribution < -0.4 is 0 Å². The predicted octanol–water partition coefficient (Wildman–Crippen LogP) is 2.04. The second kappa shape index (κ2) is 4.54. The van der Waals surface area contributed by atoms with Crippen molar-refractivity contribution in [1.82, 2.24) is 0 Å². The van der Waals surface area contributed by atoms with Crippen LogP contribution in [0.15, 0.2) is 0 Å². The first-order valence-electron chi connectivity index (χ1n) is 3.74. The topological polar surface area (TPSA) is 63.6 Å². The summed E-state index contributed by atoms with van der Waals surface area (Å²) in [7, 11) is 0. The van der Waals surface area contributed by atoms with Crippen molar-refractivity contribution in [2.75, 3.05) is 0 Å². The van der Waals surface area contributed by atoms with Gasteiger partial charge in [-0.3, -0.25) is 9.53 Å². The number of ether oxygens (including phenoxy) is 1. The smallest absolute Gasteiger partial charge is 0.459 e. The van der Waals surface area contributed by atoms with E-state index in [1.807, 2.05) is 0 Å². The quantitative estimate of drug-likeness (QED) is 0.623. The molecule has 0 aliphatic carbocycles. The molecule has 0 saturated carbocycles.